The van der Waals surface area contributed by atoms with Gasteiger partial charge in [-0.25, -0.2) is 0 Å². The van der Waals surface area contributed by atoms with Crippen molar-refractivity contribution in [2.45, 2.75) is 18.9 Å². The molecule has 1 heterocycles. The molecule has 6 heteroatoms. The number of benzene rings is 1. The van der Waals surface area contributed by atoms with Gasteiger partial charge in [0.2, 0.25) is 11.8 Å². The zero-order valence-corrected chi connectivity index (χ0v) is 12.4. The Bertz CT molecular complexity index is 531. The summed E-state index contributed by atoms with van der Waals surface area (Å²) in [5.74, 6) is -0.731. The molecular formula is C16H21N3O3. The van der Waals surface area contributed by atoms with Crippen LogP contribution in [0.5, 0.6) is 0 Å². The number of nitrogens with two attached hydrogens (primary N) is 1. The lowest BCUT2D eigenvalue weighted by Crippen LogP contribution is -2.48. The van der Waals surface area contributed by atoms with Crippen molar-refractivity contribution in [2.24, 2.45) is 5.73 Å². The van der Waals surface area contributed by atoms with Crippen LogP contribution in [0.15, 0.2) is 42.8 Å². The number of carbonyl (C=O) groups excluding carboxylic acids is 2. The Labute approximate surface area is 129 Å². The first-order valence-electron chi connectivity index (χ1n) is 7.30. The van der Waals surface area contributed by atoms with Crippen LogP contribution in [0.3, 0.4) is 0 Å². The normalized spacial score (nSPS) is 15.0. The van der Waals surface area contributed by atoms with Crippen LogP contribution >= 0.6 is 0 Å². The van der Waals surface area contributed by atoms with E-state index in [2.05, 4.69) is 5.32 Å². The minimum atomic E-state index is -0.655. The zero-order valence-electron chi connectivity index (χ0n) is 12.4. The molecule has 0 unspecified atom stereocenters. The fourth-order valence-electron chi connectivity index (χ4n) is 2.24. The summed E-state index contributed by atoms with van der Waals surface area (Å²) in [4.78, 5) is 25.3. The van der Waals surface area contributed by atoms with Crippen molar-refractivity contribution in [3.8, 4) is 0 Å². The quantitative estimate of drug-likeness (QED) is 0.763. The minimum absolute atomic E-state index is 0.189. The molecule has 3 N–H and O–H groups in total. The van der Waals surface area contributed by atoms with E-state index < -0.39 is 11.9 Å². The van der Waals surface area contributed by atoms with Crippen molar-refractivity contribution >= 4 is 11.8 Å². The second-order valence-electron chi connectivity index (χ2n) is 5.17. The van der Waals surface area contributed by atoms with Crippen LogP contribution < -0.4 is 11.1 Å². The second-order valence-corrected chi connectivity index (χ2v) is 5.17. The van der Waals surface area contributed by atoms with Gasteiger partial charge in [0.1, 0.15) is 12.6 Å². The second kappa shape index (κ2) is 8.07. The highest BCUT2D eigenvalue weighted by Gasteiger charge is 2.19. The van der Waals surface area contributed by atoms with Crippen molar-refractivity contribution in [1.82, 2.24) is 10.2 Å². The number of carbonyl (C=O) groups is 2. The van der Waals surface area contributed by atoms with Crippen molar-refractivity contribution in [3.63, 3.8) is 0 Å². The molecule has 0 saturated carbocycles. The summed E-state index contributed by atoms with van der Waals surface area (Å²) in [6.07, 6.45) is 4.44. The van der Waals surface area contributed by atoms with Gasteiger partial charge >= 0.3 is 0 Å². The van der Waals surface area contributed by atoms with Gasteiger partial charge in [-0.1, -0.05) is 30.3 Å². The molecule has 1 aliphatic heterocycles. The first-order chi connectivity index (χ1) is 10.6. The summed E-state index contributed by atoms with van der Waals surface area (Å²) in [7, 11) is 0. The molecule has 0 spiro atoms. The van der Waals surface area contributed by atoms with E-state index in [4.69, 9.17) is 10.5 Å². The number of hydrogen-bond acceptors (Lipinski definition) is 4. The number of rotatable bonds is 7. The van der Waals surface area contributed by atoms with Gasteiger partial charge in [-0.15, -0.1) is 0 Å². The van der Waals surface area contributed by atoms with Crippen LogP contribution in [0.25, 0.3) is 0 Å². The van der Waals surface area contributed by atoms with Crippen molar-refractivity contribution < 1.29 is 14.3 Å². The Morgan fingerprint density at radius 3 is 2.73 bits per heavy atom. The lowest BCUT2D eigenvalue weighted by Gasteiger charge is -2.24. The highest BCUT2D eigenvalue weighted by atomic mass is 16.5. The summed E-state index contributed by atoms with van der Waals surface area (Å²) in [5.41, 5.74) is 6.49. The number of hydrogen-bond donors (Lipinski definition) is 2. The molecule has 1 aromatic carbocycles. The van der Waals surface area contributed by atoms with E-state index in [0.717, 1.165) is 5.56 Å². The van der Waals surface area contributed by atoms with Crippen LogP contribution in [0.2, 0.25) is 0 Å². The summed E-state index contributed by atoms with van der Waals surface area (Å²) >= 11 is 0. The molecule has 1 aromatic rings. The van der Waals surface area contributed by atoms with Crippen LogP contribution in [-0.2, 0) is 20.7 Å². The zero-order chi connectivity index (χ0) is 15.8. The molecule has 1 atom stereocenters. The number of aryl methyl sites for hydroxylation is 1. The van der Waals surface area contributed by atoms with Gasteiger partial charge in [-0.3, -0.25) is 9.59 Å². The van der Waals surface area contributed by atoms with E-state index in [1.165, 1.54) is 0 Å². The number of amides is 2. The van der Waals surface area contributed by atoms with Crippen LogP contribution in [0.4, 0.5) is 0 Å². The van der Waals surface area contributed by atoms with E-state index in [-0.39, 0.29) is 12.5 Å². The summed E-state index contributed by atoms with van der Waals surface area (Å²) in [6, 6.07) is 9.14. The average Bonchev–Trinajstić information content (AvgIpc) is 2.53. The first kappa shape index (κ1) is 15.9. The molecule has 0 saturated heterocycles. The Morgan fingerprint density at radius 1 is 1.32 bits per heavy atom. The topological polar surface area (TPSA) is 84.7 Å². The highest BCUT2D eigenvalue weighted by Crippen LogP contribution is 2.05. The molecule has 1 aliphatic rings. The summed E-state index contributed by atoms with van der Waals surface area (Å²) < 4.78 is 5.06. The Balaban J connectivity index is 1.82. The molecule has 0 bridgehead atoms. The fourth-order valence-corrected chi connectivity index (χ4v) is 2.24. The number of primary amides is 1. The van der Waals surface area contributed by atoms with Gasteiger partial charge in [-0.2, -0.15) is 0 Å². The van der Waals surface area contributed by atoms with Gasteiger partial charge in [0.05, 0.1) is 19.4 Å². The van der Waals surface area contributed by atoms with Gasteiger partial charge in [0, 0.05) is 6.20 Å². The molecule has 2 amide bonds. The third kappa shape index (κ3) is 5.12. The predicted molar refractivity (Wildman–Crippen MR) is 82.6 cm³/mol. The highest BCUT2D eigenvalue weighted by molar-refractivity contribution is 5.87. The molecule has 118 valence electrons. The van der Waals surface area contributed by atoms with Crippen molar-refractivity contribution in [1.29, 1.82) is 0 Å². The predicted octanol–water partition coefficient (Wildman–Crippen LogP) is 0.393. The smallest absolute Gasteiger partial charge is 0.240 e. The molecule has 0 fully saturated rings. The Hall–Kier alpha value is -2.50. The van der Waals surface area contributed by atoms with Gasteiger partial charge in [-0.05, 0) is 18.4 Å². The average molecular weight is 303 g/mol. The SMILES string of the molecule is NC(=O)[C@H](CCc1ccccc1)NC(=O)CN1C=COCC1. The number of nitrogens with one attached hydrogen (secondary N) is 1. The summed E-state index contributed by atoms with van der Waals surface area (Å²) in [5, 5.41) is 2.70. The summed E-state index contributed by atoms with van der Waals surface area (Å²) in [6.45, 7) is 1.39. The number of ether oxygens (including phenoxy) is 1. The van der Waals surface area contributed by atoms with E-state index in [9.17, 15) is 9.59 Å². The van der Waals surface area contributed by atoms with Crippen molar-refractivity contribution in [3.05, 3.63) is 48.4 Å². The Morgan fingerprint density at radius 2 is 2.09 bits per heavy atom. The first-order valence-corrected chi connectivity index (χ1v) is 7.30. The van der Waals surface area contributed by atoms with Crippen LogP contribution in [-0.4, -0.2) is 42.5 Å². The lowest BCUT2D eigenvalue weighted by atomic mass is 10.0. The molecule has 6 nitrogen and oxygen atoms in total. The Kier molecular flexibility index (Phi) is 5.82. The third-order valence-electron chi connectivity index (χ3n) is 3.45. The van der Waals surface area contributed by atoms with E-state index in [0.29, 0.717) is 26.0 Å². The van der Waals surface area contributed by atoms with E-state index in [1.54, 1.807) is 12.5 Å². The van der Waals surface area contributed by atoms with Gasteiger partial charge < -0.3 is 20.7 Å². The van der Waals surface area contributed by atoms with Crippen LogP contribution in [0, 0.1) is 0 Å². The molecular weight excluding hydrogens is 282 g/mol. The fraction of sp³-hybridized carbons (Fsp3) is 0.375. The van der Waals surface area contributed by atoms with E-state index in [1.807, 2.05) is 35.2 Å². The minimum Gasteiger partial charge on any atom is -0.498 e. The van der Waals surface area contributed by atoms with Crippen LogP contribution in [0.1, 0.15) is 12.0 Å². The molecule has 0 aromatic heterocycles. The van der Waals surface area contributed by atoms with Gasteiger partial charge in [0.25, 0.3) is 0 Å². The molecule has 0 radical (unpaired) electrons. The molecule has 0 aliphatic carbocycles. The van der Waals surface area contributed by atoms with Crippen molar-refractivity contribution in [2.75, 3.05) is 19.7 Å². The maximum atomic E-state index is 12.0. The third-order valence-corrected chi connectivity index (χ3v) is 3.45. The standard InChI is InChI=1S/C16H21N3O3/c17-16(21)14(7-6-13-4-2-1-3-5-13)18-15(20)12-19-8-10-22-11-9-19/h1-5,8,10,14H,6-7,9,11-12H2,(H2,17,21)(H,18,20)/t14-/m0/s1. The largest absolute Gasteiger partial charge is 0.498 e. The molecule has 22 heavy (non-hydrogen) atoms. The lowest BCUT2D eigenvalue weighted by molar-refractivity contribution is -0.128. The van der Waals surface area contributed by atoms with E-state index >= 15 is 0 Å². The monoisotopic (exact) mass is 303 g/mol. The maximum absolute atomic E-state index is 12.0. The maximum Gasteiger partial charge on any atom is 0.240 e. The molecule has 2 rings (SSSR count). The van der Waals surface area contributed by atoms with Gasteiger partial charge in [0.15, 0.2) is 0 Å². The number of nitrogens with zero attached hydrogens (tertiary/aromatic N) is 1.